The van der Waals surface area contributed by atoms with Crippen molar-refractivity contribution in [3.8, 4) is 11.1 Å². The SMILES string of the molecule is Cc1ccnc(Nc2cc(N3CCN(S(=O)(=O)c4ccc(-c5ccccc5)cc4)CC3)nc(C)n2)c1. The van der Waals surface area contributed by atoms with E-state index in [1.165, 1.54) is 0 Å². The Morgan fingerprint density at radius 3 is 2.17 bits per heavy atom. The lowest BCUT2D eigenvalue weighted by Gasteiger charge is -2.34. The monoisotopic (exact) mass is 500 g/mol. The van der Waals surface area contributed by atoms with E-state index in [2.05, 4.69) is 25.2 Å². The standard InChI is InChI=1S/C27H28N6O2S/c1-20-12-13-28-25(18-20)31-26-19-27(30-21(2)29-26)32-14-16-33(17-15-32)36(34,35)24-10-8-23(9-11-24)22-6-4-3-5-7-22/h3-13,18-19H,14-17H2,1-2H3,(H,28,29,30,31). The van der Waals surface area contributed by atoms with Crippen LogP contribution in [0.5, 0.6) is 0 Å². The number of aromatic nitrogens is 3. The first-order chi connectivity index (χ1) is 17.4. The molecule has 36 heavy (non-hydrogen) atoms. The van der Waals surface area contributed by atoms with E-state index < -0.39 is 10.0 Å². The Kier molecular flexibility index (Phi) is 6.67. The first-order valence-corrected chi connectivity index (χ1v) is 13.3. The molecule has 2 aromatic carbocycles. The summed E-state index contributed by atoms with van der Waals surface area (Å²) in [4.78, 5) is 15.8. The highest BCUT2D eigenvalue weighted by Crippen LogP contribution is 2.25. The van der Waals surface area contributed by atoms with Crippen LogP contribution in [0.25, 0.3) is 11.1 Å². The molecule has 8 nitrogen and oxygen atoms in total. The third-order valence-electron chi connectivity index (χ3n) is 6.16. The highest BCUT2D eigenvalue weighted by Gasteiger charge is 2.29. The van der Waals surface area contributed by atoms with Gasteiger partial charge in [0, 0.05) is 38.4 Å². The first kappa shape index (κ1) is 23.9. The molecular formula is C27H28N6O2S. The maximum absolute atomic E-state index is 13.3. The second kappa shape index (κ2) is 10.0. The molecule has 0 atom stereocenters. The van der Waals surface area contributed by atoms with Gasteiger partial charge in [-0.1, -0.05) is 42.5 Å². The van der Waals surface area contributed by atoms with Crippen molar-refractivity contribution in [2.45, 2.75) is 18.7 Å². The van der Waals surface area contributed by atoms with Crippen LogP contribution >= 0.6 is 0 Å². The van der Waals surface area contributed by atoms with E-state index in [0.29, 0.717) is 48.5 Å². The van der Waals surface area contributed by atoms with E-state index in [4.69, 9.17) is 0 Å². The van der Waals surface area contributed by atoms with E-state index >= 15 is 0 Å². The molecule has 1 fully saturated rings. The molecule has 0 aliphatic carbocycles. The summed E-state index contributed by atoms with van der Waals surface area (Å²) in [6.45, 7) is 5.70. The number of sulfonamides is 1. The molecule has 1 aliphatic heterocycles. The van der Waals surface area contributed by atoms with Gasteiger partial charge >= 0.3 is 0 Å². The van der Waals surface area contributed by atoms with Gasteiger partial charge in [0.2, 0.25) is 10.0 Å². The van der Waals surface area contributed by atoms with Crippen molar-refractivity contribution in [1.82, 2.24) is 19.3 Å². The molecule has 0 spiro atoms. The van der Waals surface area contributed by atoms with Crippen molar-refractivity contribution in [3.63, 3.8) is 0 Å². The zero-order valence-electron chi connectivity index (χ0n) is 20.3. The number of hydrogen-bond acceptors (Lipinski definition) is 7. The highest BCUT2D eigenvalue weighted by molar-refractivity contribution is 7.89. The fourth-order valence-electron chi connectivity index (χ4n) is 4.27. The third kappa shape index (κ3) is 5.22. The Labute approximate surface area is 211 Å². The number of benzene rings is 2. The molecule has 0 amide bonds. The summed E-state index contributed by atoms with van der Waals surface area (Å²) < 4.78 is 28.1. The van der Waals surface area contributed by atoms with Crippen molar-refractivity contribution in [2.75, 3.05) is 36.4 Å². The minimum absolute atomic E-state index is 0.311. The van der Waals surface area contributed by atoms with Crippen molar-refractivity contribution in [2.24, 2.45) is 0 Å². The van der Waals surface area contributed by atoms with Crippen LogP contribution in [0.2, 0.25) is 0 Å². The van der Waals surface area contributed by atoms with Crippen LogP contribution in [0, 0.1) is 13.8 Å². The van der Waals surface area contributed by atoms with Gasteiger partial charge in [0.15, 0.2) is 0 Å². The Morgan fingerprint density at radius 1 is 0.778 bits per heavy atom. The molecule has 0 unspecified atom stereocenters. The fourth-order valence-corrected chi connectivity index (χ4v) is 5.69. The predicted molar refractivity (Wildman–Crippen MR) is 142 cm³/mol. The quantitative estimate of drug-likeness (QED) is 0.419. The van der Waals surface area contributed by atoms with Gasteiger partial charge < -0.3 is 10.2 Å². The number of rotatable bonds is 6. The molecule has 9 heteroatoms. The smallest absolute Gasteiger partial charge is 0.243 e. The van der Waals surface area contributed by atoms with Gasteiger partial charge in [0.05, 0.1) is 4.90 Å². The summed E-state index contributed by atoms with van der Waals surface area (Å²) in [5, 5.41) is 3.24. The van der Waals surface area contributed by atoms with Crippen molar-refractivity contribution in [1.29, 1.82) is 0 Å². The number of pyridine rings is 1. The van der Waals surface area contributed by atoms with Gasteiger partial charge in [-0.25, -0.2) is 23.4 Å². The zero-order valence-corrected chi connectivity index (χ0v) is 21.1. The van der Waals surface area contributed by atoms with Crippen LogP contribution in [-0.2, 0) is 10.0 Å². The summed E-state index contributed by atoms with van der Waals surface area (Å²) in [7, 11) is -3.57. The molecule has 2 aromatic heterocycles. The molecule has 0 bridgehead atoms. The van der Waals surface area contributed by atoms with Gasteiger partial charge in [-0.05, 0) is 54.8 Å². The molecule has 0 saturated carbocycles. The van der Waals surface area contributed by atoms with E-state index in [1.807, 2.05) is 74.5 Å². The van der Waals surface area contributed by atoms with E-state index in [0.717, 1.165) is 22.5 Å². The molecule has 3 heterocycles. The second-order valence-corrected chi connectivity index (χ2v) is 10.7. The van der Waals surface area contributed by atoms with Crippen molar-refractivity contribution >= 4 is 27.5 Å². The summed E-state index contributed by atoms with van der Waals surface area (Å²) in [5.74, 6) is 2.77. The zero-order chi connectivity index (χ0) is 25.1. The van der Waals surface area contributed by atoms with Crippen LogP contribution < -0.4 is 10.2 Å². The minimum atomic E-state index is -3.57. The second-order valence-electron chi connectivity index (χ2n) is 8.78. The highest BCUT2D eigenvalue weighted by atomic mass is 32.2. The van der Waals surface area contributed by atoms with Gasteiger partial charge in [-0.2, -0.15) is 4.31 Å². The Balaban J connectivity index is 1.27. The molecule has 4 aromatic rings. The van der Waals surface area contributed by atoms with Crippen molar-refractivity contribution in [3.05, 3.63) is 90.4 Å². The molecule has 0 radical (unpaired) electrons. The van der Waals surface area contributed by atoms with Gasteiger partial charge in [-0.3, -0.25) is 0 Å². The summed E-state index contributed by atoms with van der Waals surface area (Å²) in [5.41, 5.74) is 3.15. The minimum Gasteiger partial charge on any atom is -0.354 e. The number of nitrogens with one attached hydrogen (secondary N) is 1. The normalized spacial score (nSPS) is 14.6. The predicted octanol–water partition coefficient (Wildman–Crippen LogP) is 4.41. The number of piperazine rings is 1. The Bertz CT molecular complexity index is 1450. The molecule has 184 valence electrons. The van der Waals surface area contributed by atoms with E-state index in [1.54, 1.807) is 22.6 Å². The first-order valence-electron chi connectivity index (χ1n) is 11.8. The van der Waals surface area contributed by atoms with Crippen LogP contribution in [0.4, 0.5) is 17.5 Å². The topological polar surface area (TPSA) is 91.3 Å². The lowest BCUT2D eigenvalue weighted by Crippen LogP contribution is -2.49. The summed E-state index contributed by atoms with van der Waals surface area (Å²) in [6.07, 6.45) is 1.75. The lowest BCUT2D eigenvalue weighted by atomic mass is 10.1. The average molecular weight is 501 g/mol. The molecule has 1 N–H and O–H groups in total. The third-order valence-corrected chi connectivity index (χ3v) is 8.07. The van der Waals surface area contributed by atoms with Crippen LogP contribution in [0.1, 0.15) is 11.4 Å². The van der Waals surface area contributed by atoms with Crippen molar-refractivity contribution < 1.29 is 8.42 Å². The van der Waals surface area contributed by atoms with Crippen LogP contribution in [0.15, 0.2) is 83.9 Å². The number of aryl methyl sites for hydroxylation is 2. The molecule has 1 saturated heterocycles. The number of anilines is 3. The average Bonchev–Trinajstić information content (AvgIpc) is 2.89. The van der Waals surface area contributed by atoms with Crippen LogP contribution in [-0.4, -0.2) is 53.9 Å². The number of nitrogens with zero attached hydrogens (tertiary/aromatic N) is 5. The maximum atomic E-state index is 13.3. The van der Waals surface area contributed by atoms with Crippen LogP contribution in [0.3, 0.4) is 0 Å². The lowest BCUT2D eigenvalue weighted by molar-refractivity contribution is 0.383. The van der Waals surface area contributed by atoms with E-state index in [9.17, 15) is 8.42 Å². The molecular weight excluding hydrogens is 472 g/mol. The van der Waals surface area contributed by atoms with Gasteiger partial charge in [-0.15, -0.1) is 0 Å². The Morgan fingerprint density at radius 2 is 1.47 bits per heavy atom. The maximum Gasteiger partial charge on any atom is 0.243 e. The van der Waals surface area contributed by atoms with Gasteiger partial charge in [0.25, 0.3) is 0 Å². The number of hydrogen-bond donors (Lipinski definition) is 1. The molecule has 1 aliphatic rings. The molecule has 5 rings (SSSR count). The van der Waals surface area contributed by atoms with Gasteiger partial charge in [0.1, 0.15) is 23.3 Å². The fraction of sp³-hybridized carbons (Fsp3) is 0.222. The largest absolute Gasteiger partial charge is 0.354 e. The summed E-state index contributed by atoms with van der Waals surface area (Å²) >= 11 is 0. The summed E-state index contributed by atoms with van der Waals surface area (Å²) in [6, 6.07) is 22.8. The Hall–Kier alpha value is -3.82. The van der Waals surface area contributed by atoms with E-state index in [-0.39, 0.29) is 0 Å².